The van der Waals surface area contributed by atoms with Crippen molar-refractivity contribution in [1.29, 1.82) is 0 Å². The number of nitrogens with zero attached hydrogens (tertiary/aromatic N) is 1. The van der Waals surface area contributed by atoms with Crippen LogP contribution in [0.3, 0.4) is 0 Å². The number of nitrogens with one attached hydrogen (secondary N) is 2. The molecule has 0 aliphatic rings. The summed E-state index contributed by atoms with van der Waals surface area (Å²) < 4.78 is 0. The Hall–Kier alpha value is -1.42. The van der Waals surface area contributed by atoms with Crippen LogP contribution < -0.4 is 10.6 Å². The van der Waals surface area contributed by atoms with Gasteiger partial charge in [0.25, 0.3) is 0 Å². The normalized spacial score (nSPS) is 11.2. The Morgan fingerprint density at radius 2 is 2.24 bits per heavy atom. The molecule has 0 spiro atoms. The van der Waals surface area contributed by atoms with Crippen molar-refractivity contribution in [3.8, 4) is 0 Å². The molecule has 0 unspecified atom stereocenters. The minimum absolute atomic E-state index is 0.0615. The molecule has 17 heavy (non-hydrogen) atoms. The van der Waals surface area contributed by atoms with Crippen molar-refractivity contribution in [3.63, 3.8) is 0 Å². The SMILES string of the molecule is CNC(=O)C(C)(C)CNCCc1cccnc1. The van der Waals surface area contributed by atoms with Crippen molar-refractivity contribution in [3.05, 3.63) is 30.1 Å². The molecule has 0 aromatic carbocycles. The van der Waals surface area contributed by atoms with Crippen LogP contribution in [0.4, 0.5) is 0 Å². The Labute approximate surface area is 103 Å². The van der Waals surface area contributed by atoms with Gasteiger partial charge in [-0.25, -0.2) is 0 Å². The number of hydrogen-bond donors (Lipinski definition) is 2. The highest BCUT2D eigenvalue weighted by atomic mass is 16.2. The van der Waals surface area contributed by atoms with Gasteiger partial charge >= 0.3 is 0 Å². The molecule has 0 saturated carbocycles. The van der Waals surface area contributed by atoms with Gasteiger partial charge in [0.15, 0.2) is 0 Å². The first-order valence-electron chi connectivity index (χ1n) is 5.88. The van der Waals surface area contributed by atoms with Gasteiger partial charge in [0, 0.05) is 26.0 Å². The van der Waals surface area contributed by atoms with E-state index in [0.29, 0.717) is 6.54 Å². The third kappa shape index (κ3) is 4.53. The number of pyridine rings is 1. The smallest absolute Gasteiger partial charge is 0.226 e. The summed E-state index contributed by atoms with van der Waals surface area (Å²) in [6.07, 6.45) is 4.56. The fraction of sp³-hybridized carbons (Fsp3) is 0.538. The molecule has 1 heterocycles. The number of carbonyl (C=O) groups excluding carboxylic acids is 1. The molecule has 0 fully saturated rings. The van der Waals surface area contributed by atoms with Crippen LogP contribution in [0.5, 0.6) is 0 Å². The highest BCUT2D eigenvalue weighted by molar-refractivity contribution is 5.81. The molecule has 0 saturated heterocycles. The zero-order valence-corrected chi connectivity index (χ0v) is 10.8. The molecule has 0 radical (unpaired) electrons. The van der Waals surface area contributed by atoms with Gasteiger partial charge in [0.1, 0.15) is 0 Å². The van der Waals surface area contributed by atoms with Crippen molar-refractivity contribution in [2.45, 2.75) is 20.3 Å². The third-order valence-corrected chi connectivity index (χ3v) is 2.72. The highest BCUT2D eigenvalue weighted by Crippen LogP contribution is 2.12. The van der Waals surface area contributed by atoms with Crippen LogP contribution in [-0.4, -0.2) is 31.0 Å². The number of amides is 1. The largest absolute Gasteiger partial charge is 0.359 e. The number of aromatic nitrogens is 1. The molecule has 0 atom stereocenters. The van der Waals surface area contributed by atoms with Crippen molar-refractivity contribution >= 4 is 5.91 Å². The van der Waals surface area contributed by atoms with Gasteiger partial charge in [-0.2, -0.15) is 0 Å². The van der Waals surface area contributed by atoms with E-state index in [2.05, 4.69) is 21.7 Å². The molecule has 0 aliphatic heterocycles. The third-order valence-electron chi connectivity index (χ3n) is 2.72. The molecule has 2 N–H and O–H groups in total. The monoisotopic (exact) mass is 235 g/mol. The standard InChI is InChI=1S/C13H21N3O/c1-13(2,12(17)14-3)10-16-8-6-11-5-4-7-15-9-11/h4-5,7,9,16H,6,8,10H2,1-3H3,(H,14,17). The van der Waals surface area contributed by atoms with Gasteiger partial charge in [-0.3, -0.25) is 9.78 Å². The van der Waals surface area contributed by atoms with E-state index in [0.717, 1.165) is 13.0 Å². The first-order valence-corrected chi connectivity index (χ1v) is 5.88. The quantitative estimate of drug-likeness (QED) is 0.723. The highest BCUT2D eigenvalue weighted by Gasteiger charge is 2.25. The van der Waals surface area contributed by atoms with Gasteiger partial charge in [0.05, 0.1) is 5.41 Å². The molecular weight excluding hydrogens is 214 g/mol. The number of carbonyl (C=O) groups is 1. The maximum absolute atomic E-state index is 11.5. The van der Waals surface area contributed by atoms with Crippen LogP contribution in [0.1, 0.15) is 19.4 Å². The minimum atomic E-state index is -0.371. The summed E-state index contributed by atoms with van der Waals surface area (Å²) in [5.74, 6) is 0.0615. The van der Waals surface area contributed by atoms with Crippen molar-refractivity contribution < 1.29 is 4.79 Å². The molecule has 94 valence electrons. The fourth-order valence-electron chi connectivity index (χ4n) is 1.60. The summed E-state index contributed by atoms with van der Waals surface area (Å²) in [6.45, 7) is 5.39. The van der Waals surface area contributed by atoms with E-state index < -0.39 is 0 Å². The van der Waals surface area contributed by atoms with E-state index in [9.17, 15) is 4.79 Å². The lowest BCUT2D eigenvalue weighted by Gasteiger charge is -2.22. The Morgan fingerprint density at radius 3 is 2.82 bits per heavy atom. The summed E-state index contributed by atoms with van der Waals surface area (Å²) in [6, 6.07) is 3.99. The maximum atomic E-state index is 11.5. The predicted molar refractivity (Wildman–Crippen MR) is 68.7 cm³/mol. The first-order chi connectivity index (χ1) is 8.06. The van der Waals surface area contributed by atoms with Crippen LogP contribution in [0, 0.1) is 5.41 Å². The van der Waals surface area contributed by atoms with E-state index in [1.165, 1.54) is 5.56 Å². The van der Waals surface area contributed by atoms with Crippen LogP contribution >= 0.6 is 0 Å². The molecule has 0 bridgehead atoms. The lowest BCUT2D eigenvalue weighted by Crippen LogP contribution is -2.42. The second-order valence-corrected chi connectivity index (χ2v) is 4.75. The molecule has 4 heteroatoms. The molecule has 0 aliphatic carbocycles. The fourth-order valence-corrected chi connectivity index (χ4v) is 1.60. The topological polar surface area (TPSA) is 54.0 Å². The summed E-state index contributed by atoms with van der Waals surface area (Å²) >= 11 is 0. The van der Waals surface area contributed by atoms with Gasteiger partial charge < -0.3 is 10.6 Å². The van der Waals surface area contributed by atoms with Crippen molar-refractivity contribution in [1.82, 2.24) is 15.6 Å². The lowest BCUT2D eigenvalue weighted by molar-refractivity contribution is -0.128. The predicted octanol–water partition coefficient (Wildman–Crippen LogP) is 0.986. The Kier molecular flexibility index (Phi) is 5.10. The second kappa shape index (κ2) is 6.35. The average Bonchev–Trinajstić information content (AvgIpc) is 2.35. The first kappa shape index (κ1) is 13.6. The maximum Gasteiger partial charge on any atom is 0.226 e. The molecule has 1 amide bonds. The van der Waals surface area contributed by atoms with Crippen LogP contribution in [-0.2, 0) is 11.2 Å². The molecule has 1 aromatic rings. The number of rotatable bonds is 6. The van der Waals surface area contributed by atoms with Crippen LogP contribution in [0.25, 0.3) is 0 Å². The van der Waals surface area contributed by atoms with Crippen molar-refractivity contribution in [2.75, 3.05) is 20.1 Å². The molecule has 4 nitrogen and oxygen atoms in total. The van der Waals surface area contributed by atoms with Gasteiger partial charge in [0.2, 0.25) is 5.91 Å². The van der Waals surface area contributed by atoms with Crippen LogP contribution in [0.15, 0.2) is 24.5 Å². The zero-order valence-electron chi connectivity index (χ0n) is 10.8. The summed E-state index contributed by atoms with van der Waals surface area (Å²) in [5, 5.41) is 5.98. The average molecular weight is 235 g/mol. The lowest BCUT2D eigenvalue weighted by atomic mass is 9.92. The zero-order chi connectivity index (χ0) is 12.7. The Morgan fingerprint density at radius 1 is 1.47 bits per heavy atom. The van der Waals surface area contributed by atoms with Crippen LogP contribution in [0.2, 0.25) is 0 Å². The van der Waals surface area contributed by atoms with E-state index in [1.54, 1.807) is 13.2 Å². The Bertz CT molecular complexity index is 349. The summed E-state index contributed by atoms with van der Waals surface area (Å²) in [4.78, 5) is 15.6. The second-order valence-electron chi connectivity index (χ2n) is 4.75. The van der Waals surface area contributed by atoms with E-state index >= 15 is 0 Å². The molecule has 1 aromatic heterocycles. The van der Waals surface area contributed by atoms with E-state index in [4.69, 9.17) is 0 Å². The number of hydrogen-bond acceptors (Lipinski definition) is 3. The van der Waals surface area contributed by atoms with Gasteiger partial charge in [-0.05, 0) is 38.4 Å². The van der Waals surface area contributed by atoms with E-state index in [-0.39, 0.29) is 11.3 Å². The van der Waals surface area contributed by atoms with Crippen molar-refractivity contribution in [2.24, 2.45) is 5.41 Å². The summed E-state index contributed by atoms with van der Waals surface area (Å²) in [7, 11) is 1.67. The van der Waals surface area contributed by atoms with Gasteiger partial charge in [-0.15, -0.1) is 0 Å². The summed E-state index contributed by atoms with van der Waals surface area (Å²) in [5.41, 5.74) is 0.835. The van der Waals surface area contributed by atoms with E-state index in [1.807, 2.05) is 26.1 Å². The molecular formula is C13H21N3O. The molecule has 1 rings (SSSR count). The minimum Gasteiger partial charge on any atom is -0.359 e. The Balaban J connectivity index is 2.27. The van der Waals surface area contributed by atoms with Gasteiger partial charge in [-0.1, -0.05) is 6.07 Å².